The van der Waals surface area contributed by atoms with Gasteiger partial charge in [-0.15, -0.1) is 0 Å². The summed E-state index contributed by atoms with van der Waals surface area (Å²) in [6.45, 7) is 7.10. The molecule has 0 aliphatic carbocycles. The average molecular weight is 508 g/mol. The minimum absolute atomic E-state index is 0.00309. The van der Waals surface area contributed by atoms with Crippen molar-refractivity contribution in [2.45, 2.75) is 52.1 Å². The summed E-state index contributed by atoms with van der Waals surface area (Å²) >= 11 is 0. The number of ether oxygens (including phenoxy) is 1. The summed E-state index contributed by atoms with van der Waals surface area (Å²) in [4.78, 5) is 40.4. The Labute approximate surface area is 202 Å². The molecule has 3 aromatic heterocycles. The molecule has 0 bridgehead atoms. The predicted octanol–water partition coefficient (Wildman–Crippen LogP) is 3.60. The zero-order valence-corrected chi connectivity index (χ0v) is 19.9. The van der Waals surface area contributed by atoms with Crippen molar-refractivity contribution in [3.63, 3.8) is 0 Å². The van der Waals surface area contributed by atoms with Crippen LogP contribution in [0.15, 0.2) is 23.1 Å². The number of amides is 1. The van der Waals surface area contributed by atoms with E-state index in [1.807, 2.05) is 13.8 Å². The number of carbonyl (C=O) groups is 1. The van der Waals surface area contributed by atoms with Crippen LogP contribution in [0.25, 0.3) is 11.0 Å². The lowest BCUT2D eigenvalue weighted by Gasteiger charge is -2.35. The Morgan fingerprint density at radius 3 is 2.50 bits per heavy atom. The zero-order valence-electron chi connectivity index (χ0n) is 19.9. The number of H-pyrrole nitrogens is 1. The molecule has 4 heterocycles. The first kappa shape index (κ1) is 25.5. The van der Waals surface area contributed by atoms with Gasteiger partial charge in [-0.2, -0.15) is 13.2 Å². The number of anilines is 1. The lowest BCUT2D eigenvalue weighted by Crippen LogP contribution is -2.48. The molecule has 4 rings (SSSR count). The van der Waals surface area contributed by atoms with Crippen LogP contribution < -0.4 is 10.9 Å². The van der Waals surface area contributed by atoms with Crippen molar-refractivity contribution in [1.82, 2.24) is 24.8 Å². The van der Waals surface area contributed by atoms with Gasteiger partial charge in [0.1, 0.15) is 5.82 Å². The maximum absolute atomic E-state index is 14.9. The molecule has 3 atom stereocenters. The maximum Gasteiger partial charge on any atom is 0.433 e. The third kappa shape index (κ3) is 5.15. The van der Waals surface area contributed by atoms with Gasteiger partial charge < -0.3 is 19.9 Å². The van der Waals surface area contributed by atoms with Crippen molar-refractivity contribution in [2.75, 3.05) is 18.4 Å². The number of aryl methyl sites for hydroxylation is 1. The first-order chi connectivity index (χ1) is 16.8. The monoisotopic (exact) mass is 508 g/mol. The number of hydrogen-bond acceptors (Lipinski definition) is 7. The van der Waals surface area contributed by atoms with Crippen LogP contribution in [-0.4, -0.2) is 56.0 Å². The molecule has 0 spiro atoms. The maximum atomic E-state index is 14.9. The lowest BCUT2D eigenvalue weighted by molar-refractivity contribution is -0.141. The number of aromatic amines is 1. The number of carbonyl (C=O) groups excluding carboxylic acids is 1. The Balaban J connectivity index is 1.63. The van der Waals surface area contributed by atoms with E-state index in [0.29, 0.717) is 13.1 Å². The van der Waals surface area contributed by atoms with Crippen LogP contribution in [0.3, 0.4) is 0 Å². The van der Waals surface area contributed by atoms with Gasteiger partial charge in [0.2, 0.25) is 0 Å². The molecule has 192 valence electrons. The number of hydrogen-bond donors (Lipinski definition) is 2. The van der Waals surface area contributed by atoms with Crippen molar-refractivity contribution in [3.8, 4) is 0 Å². The van der Waals surface area contributed by atoms with Crippen LogP contribution in [-0.2, 0) is 10.9 Å². The van der Waals surface area contributed by atoms with Crippen molar-refractivity contribution >= 4 is 22.8 Å². The average Bonchev–Trinajstić information content (AvgIpc) is 2.77. The summed E-state index contributed by atoms with van der Waals surface area (Å²) in [6.07, 6.45) is -4.05. The minimum Gasteiger partial charge on any atom is -0.372 e. The number of nitrogens with zero attached hydrogens (tertiary/aromatic N) is 4. The van der Waals surface area contributed by atoms with Crippen LogP contribution in [0.4, 0.5) is 23.4 Å². The molecule has 36 heavy (non-hydrogen) atoms. The van der Waals surface area contributed by atoms with Crippen molar-refractivity contribution in [1.29, 1.82) is 0 Å². The zero-order chi connectivity index (χ0) is 26.4. The second-order valence-corrected chi connectivity index (χ2v) is 8.83. The predicted molar refractivity (Wildman–Crippen MR) is 122 cm³/mol. The highest BCUT2D eigenvalue weighted by molar-refractivity contribution is 5.94. The smallest absolute Gasteiger partial charge is 0.372 e. The lowest BCUT2D eigenvalue weighted by atomic mass is 10.0. The molecule has 13 heteroatoms. The van der Waals surface area contributed by atoms with Gasteiger partial charge in [0.25, 0.3) is 11.5 Å². The first-order valence-electron chi connectivity index (χ1n) is 11.2. The Kier molecular flexibility index (Phi) is 6.69. The standard InChI is InChI=1S/C23H24F4N6O3/c1-10-8-33(9-11(2)36-10)22(35)14-5-17(24)20(28-7-14)29-12(3)15-6-16-19(30-13(4)31-21(16)34)32-18(15)23(25,26)27/h5-7,10-12H,8-9H2,1-4H3,(H,28,29)(H,30,31,32,34)/t10-,11+,12?. The summed E-state index contributed by atoms with van der Waals surface area (Å²) in [5, 5.41) is 2.45. The summed E-state index contributed by atoms with van der Waals surface area (Å²) in [7, 11) is 0. The number of fused-ring (bicyclic) bond motifs is 1. The van der Waals surface area contributed by atoms with Gasteiger partial charge in [-0.3, -0.25) is 9.59 Å². The number of halogens is 4. The van der Waals surface area contributed by atoms with Gasteiger partial charge in [0, 0.05) is 24.8 Å². The molecular formula is C23H24F4N6O3. The van der Waals surface area contributed by atoms with E-state index >= 15 is 0 Å². The highest BCUT2D eigenvalue weighted by Crippen LogP contribution is 2.35. The topological polar surface area (TPSA) is 113 Å². The van der Waals surface area contributed by atoms with Crippen molar-refractivity contribution in [3.05, 3.63) is 57.1 Å². The molecule has 9 nitrogen and oxygen atoms in total. The molecule has 2 N–H and O–H groups in total. The summed E-state index contributed by atoms with van der Waals surface area (Å²) < 4.78 is 61.8. The van der Waals surface area contributed by atoms with Crippen molar-refractivity contribution in [2.24, 2.45) is 0 Å². The van der Waals surface area contributed by atoms with Gasteiger partial charge in [0.15, 0.2) is 23.0 Å². The van der Waals surface area contributed by atoms with Gasteiger partial charge >= 0.3 is 6.18 Å². The summed E-state index contributed by atoms with van der Waals surface area (Å²) in [6, 6.07) is 0.865. The molecule has 1 fully saturated rings. The molecular weight excluding hydrogens is 484 g/mol. The first-order valence-corrected chi connectivity index (χ1v) is 11.2. The van der Waals surface area contributed by atoms with Crippen LogP contribution in [0, 0.1) is 12.7 Å². The van der Waals surface area contributed by atoms with E-state index in [-0.39, 0.29) is 46.0 Å². The molecule has 0 saturated carbocycles. The van der Waals surface area contributed by atoms with Crippen LogP contribution in [0.2, 0.25) is 0 Å². The van der Waals surface area contributed by atoms with E-state index < -0.39 is 35.2 Å². The van der Waals surface area contributed by atoms with E-state index in [4.69, 9.17) is 4.74 Å². The molecule has 3 aromatic rings. The number of pyridine rings is 2. The van der Waals surface area contributed by atoms with Crippen molar-refractivity contribution < 1.29 is 27.1 Å². The Morgan fingerprint density at radius 2 is 1.89 bits per heavy atom. The largest absolute Gasteiger partial charge is 0.433 e. The number of nitrogens with one attached hydrogen (secondary N) is 2. The summed E-state index contributed by atoms with van der Waals surface area (Å²) in [5.74, 6) is -1.58. The minimum atomic E-state index is -4.85. The third-order valence-corrected chi connectivity index (χ3v) is 5.73. The fraction of sp³-hybridized carbons (Fsp3) is 0.435. The third-order valence-electron chi connectivity index (χ3n) is 5.73. The fourth-order valence-electron chi connectivity index (χ4n) is 4.22. The van der Waals surface area contributed by atoms with E-state index in [2.05, 4.69) is 25.3 Å². The molecule has 1 unspecified atom stereocenters. The quantitative estimate of drug-likeness (QED) is 0.518. The second kappa shape index (κ2) is 9.45. The number of aromatic nitrogens is 4. The second-order valence-electron chi connectivity index (χ2n) is 8.83. The van der Waals surface area contributed by atoms with Gasteiger partial charge in [-0.1, -0.05) is 0 Å². The van der Waals surface area contributed by atoms with Gasteiger partial charge in [0.05, 0.1) is 29.2 Å². The van der Waals surface area contributed by atoms with E-state index in [1.54, 1.807) is 0 Å². The van der Waals surface area contributed by atoms with E-state index in [0.717, 1.165) is 18.3 Å². The fourth-order valence-corrected chi connectivity index (χ4v) is 4.22. The highest BCUT2D eigenvalue weighted by Gasteiger charge is 2.38. The molecule has 0 radical (unpaired) electrons. The molecule has 1 aliphatic heterocycles. The van der Waals surface area contributed by atoms with Crippen LogP contribution in [0.1, 0.15) is 54.3 Å². The Hall–Kier alpha value is -3.61. The normalized spacial score (nSPS) is 19.4. The molecule has 0 aromatic carbocycles. The molecule has 1 aliphatic rings. The van der Waals surface area contributed by atoms with Gasteiger partial charge in [-0.05, 0) is 39.8 Å². The van der Waals surface area contributed by atoms with E-state index in [1.165, 1.54) is 18.7 Å². The number of rotatable bonds is 4. The van der Waals surface area contributed by atoms with Crippen LogP contribution >= 0.6 is 0 Å². The van der Waals surface area contributed by atoms with Crippen LogP contribution in [0.5, 0.6) is 0 Å². The number of alkyl halides is 3. The van der Waals surface area contributed by atoms with E-state index in [9.17, 15) is 27.2 Å². The highest BCUT2D eigenvalue weighted by atomic mass is 19.4. The van der Waals surface area contributed by atoms with Gasteiger partial charge in [-0.25, -0.2) is 19.3 Å². The molecule has 1 saturated heterocycles. The summed E-state index contributed by atoms with van der Waals surface area (Å²) in [5.41, 5.74) is -2.63. The number of morpholine rings is 1. The SMILES string of the molecule is Cc1nc2nc(C(F)(F)F)c(C(C)Nc3ncc(C(=O)N4C[C@@H](C)O[C@@H](C)C4)cc3F)cc2c(=O)[nH]1. The Bertz CT molecular complexity index is 1370. The molecule has 1 amide bonds. The Morgan fingerprint density at radius 1 is 1.22 bits per heavy atom.